The van der Waals surface area contributed by atoms with E-state index >= 15 is 0 Å². The summed E-state index contributed by atoms with van der Waals surface area (Å²) in [5, 5.41) is 0. The number of ketones is 1. The molecule has 1 atom stereocenters. The number of rotatable bonds is 4. The summed E-state index contributed by atoms with van der Waals surface area (Å²) in [5.74, 6) is 0.448. The van der Waals surface area contributed by atoms with Gasteiger partial charge < -0.3 is 0 Å². The molecule has 1 aromatic heterocycles. The number of thiophene rings is 1. The zero-order valence-electron chi connectivity index (χ0n) is 7.84. The van der Waals surface area contributed by atoms with Crippen molar-refractivity contribution in [2.45, 2.75) is 26.7 Å². The molecule has 1 nitrogen and oxygen atoms in total. The van der Waals surface area contributed by atoms with E-state index < -0.39 is 0 Å². The third kappa shape index (κ3) is 3.12. The molecule has 0 aliphatic carbocycles. The molecular weight excluding hydrogens is 204 g/mol. The first-order valence-electron chi connectivity index (χ1n) is 4.40. The van der Waals surface area contributed by atoms with E-state index in [1.165, 1.54) is 4.88 Å². The highest BCUT2D eigenvalue weighted by Crippen LogP contribution is 2.24. The normalized spacial score (nSPS) is 12.8. The molecule has 0 N–H and O–H groups in total. The van der Waals surface area contributed by atoms with Crippen LogP contribution in [0, 0.1) is 5.92 Å². The predicted octanol–water partition coefficient (Wildman–Crippen LogP) is 3.56. The zero-order chi connectivity index (χ0) is 9.84. The second-order valence-electron chi connectivity index (χ2n) is 3.13. The van der Waals surface area contributed by atoms with Crippen molar-refractivity contribution in [2.75, 3.05) is 0 Å². The number of carbonyl (C=O) groups excluding carboxylic acids is 1. The lowest BCUT2D eigenvalue weighted by atomic mass is 10.0. The number of hydrogen-bond donors (Lipinski definition) is 0. The number of carbonyl (C=O) groups is 1. The van der Waals surface area contributed by atoms with E-state index in [1.54, 1.807) is 11.3 Å². The minimum absolute atomic E-state index is 0.125. The lowest BCUT2D eigenvalue weighted by Crippen LogP contribution is -2.11. The van der Waals surface area contributed by atoms with Gasteiger partial charge in [-0.15, -0.1) is 11.3 Å². The number of Topliss-reactive ketones (excluding diaryl/α,β-unsaturated/α-hetero) is 1. The summed E-state index contributed by atoms with van der Waals surface area (Å²) in [6.07, 6.45) is 1.45. The zero-order valence-corrected chi connectivity index (χ0v) is 9.41. The summed E-state index contributed by atoms with van der Waals surface area (Å²) in [6, 6.07) is 3.87. The summed E-state index contributed by atoms with van der Waals surface area (Å²) in [7, 11) is 0. The van der Waals surface area contributed by atoms with Crippen molar-refractivity contribution in [1.82, 2.24) is 0 Å². The molecule has 3 heteroatoms. The molecule has 1 rings (SSSR count). The Hall–Kier alpha value is -0.340. The van der Waals surface area contributed by atoms with E-state index in [0.29, 0.717) is 12.2 Å². The molecule has 1 unspecified atom stereocenters. The maximum Gasteiger partial charge on any atom is 0.135 e. The summed E-state index contributed by atoms with van der Waals surface area (Å²) in [5.41, 5.74) is 0. The number of hydrogen-bond acceptors (Lipinski definition) is 2. The maximum atomic E-state index is 11.3. The molecule has 0 aliphatic rings. The molecule has 0 fully saturated rings. The van der Waals surface area contributed by atoms with Crippen LogP contribution in [-0.2, 0) is 11.2 Å². The van der Waals surface area contributed by atoms with Crippen LogP contribution in [0.4, 0.5) is 0 Å². The fourth-order valence-corrected chi connectivity index (χ4v) is 2.44. The molecule has 0 radical (unpaired) electrons. The summed E-state index contributed by atoms with van der Waals surface area (Å²) in [6.45, 7) is 3.87. The van der Waals surface area contributed by atoms with Crippen LogP contribution in [0.5, 0.6) is 0 Å². The molecule has 0 aromatic carbocycles. The van der Waals surface area contributed by atoms with Crippen molar-refractivity contribution in [3.05, 3.63) is 21.3 Å². The molecule has 0 saturated carbocycles. The molecule has 13 heavy (non-hydrogen) atoms. The third-order valence-electron chi connectivity index (χ3n) is 2.03. The van der Waals surface area contributed by atoms with Crippen molar-refractivity contribution in [3.63, 3.8) is 0 Å². The second kappa shape index (κ2) is 4.77. The molecule has 0 bridgehead atoms. The Balaban J connectivity index is 2.54. The lowest BCUT2D eigenvalue weighted by Gasteiger charge is -2.06. The molecular formula is C10H13ClOS. The van der Waals surface area contributed by atoms with Gasteiger partial charge in [0.25, 0.3) is 0 Å². The van der Waals surface area contributed by atoms with Crippen LogP contribution in [0.2, 0.25) is 4.34 Å². The smallest absolute Gasteiger partial charge is 0.135 e. The van der Waals surface area contributed by atoms with Gasteiger partial charge in [0.2, 0.25) is 0 Å². The molecule has 72 valence electrons. The molecule has 1 aromatic rings. The topological polar surface area (TPSA) is 17.1 Å². The van der Waals surface area contributed by atoms with E-state index in [4.69, 9.17) is 11.6 Å². The van der Waals surface area contributed by atoms with Gasteiger partial charge in [0, 0.05) is 17.2 Å². The van der Waals surface area contributed by atoms with Crippen molar-refractivity contribution >= 4 is 28.7 Å². The molecule has 0 aliphatic heterocycles. The Kier molecular flexibility index (Phi) is 3.94. The van der Waals surface area contributed by atoms with Gasteiger partial charge in [-0.3, -0.25) is 4.79 Å². The first-order chi connectivity index (χ1) is 6.13. The SMILES string of the molecule is CCC(=O)C(C)Cc1ccc(Cl)s1. The van der Waals surface area contributed by atoms with Crippen LogP contribution >= 0.6 is 22.9 Å². The minimum Gasteiger partial charge on any atom is -0.299 e. The second-order valence-corrected chi connectivity index (χ2v) is 4.93. The minimum atomic E-state index is 0.125. The fraction of sp³-hybridized carbons (Fsp3) is 0.500. The largest absolute Gasteiger partial charge is 0.299 e. The molecule has 0 saturated heterocycles. The van der Waals surface area contributed by atoms with E-state index in [2.05, 4.69) is 0 Å². The molecule has 1 heterocycles. The molecule has 0 amide bonds. The van der Waals surface area contributed by atoms with Crippen molar-refractivity contribution in [3.8, 4) is 0 Å². The highest BCUT2D eigenvalue weighted by atomic mass is 35.5. The quantitative estimate of drug-likeness (QED) is 0.752. The summed E-state index contributed by atoms with van der Waals surface area (Å²) < 4.78 is 0.797. The van der Waals surface area contributed by atoms with E-state index in [-0.39, 0.29) is 5.92 Å². The van der Waals surface area contributed by atoms with Gasteiger partial charge in [0.15, 0.2) is 0 Å². The average Bonchev–Trinajstić information content (AvgIpc) is 2.49. The highest BCUT2D eigenvalue weighted by molar-refractivity contribution is 7.16. The van der Waals surface area contributed by atoms with Crippen LogP contribution < -0.4 is 0 Å². The maximum absolute atomic E-state index is 11.3. The van der Waals surface area contributed by atoms with Crippen LogP contribution in [0.25, 0.3) is 0 Å². The Labute approximate surface area is 87.7 Å². The lowest BCUT2D eigenvalue weighted by molar-refractivity contribution is -0.122. The van der Waals surface area contributed by atoms with E-state index in [0.717, 1.165) is 10.8 Å². The number of halogens is 1. The van der Waals surface area contributed by atoms with Crippen LogP contribution in [0.1, 0.15) is 25.1 Å². The Morgan fingerprint density at radius 1 is 1.62 bits per heavy atom. The van der Waals surface area contributed by atoms with Crippen LogP contribution in [0.15, 0.2) is 12.1 Å². The highest BCUT2D eigenvalue weighted by Gasteiger charge is 2.12. The van der Waals surface area contributed by atoms with Crippen molar-refractivity contribution in [2.24, 2.45) is 5.92 Å². The van der Waals surface area contributed by atoms with Crippen LogP contribution in [-0.4, -0.2) is 5.78 Å². The Bertz CT molecular complexity index is 293. The van der Waals surface area contributed by atoms with Crippen LogP contribution in [0.3, 0.4) is 0 Å². The van der Waals surface area contributed by atoms with Gasteiger partial charge in [0.1, 0.15) is 5.78 Å². The van der Waals surface area contributed by atoms with E-state index in [1.807, 2.05) is 26.0 Å². The first-order valence-corrected chi connectivity index (χ1v) is 5.59. The van der Waals surface area contributed by atoms with Crippen molar-refractivity contribution in [1.29, 1.82) is 0 Å². The standard InChI is InChI=1S/C10H13ClOS/c1-3-9(12)7(2)6-8-4-5-10(11)13-8/h4-5,7H,3,6H2,1-2H3. The van der Waals surface area contributed by atoms with Gasteiger partial charge >= 0.3 is 0 Å². The van der Waals surface area contributed by atoms with Gasteiger partial charge in [0.05, 0.1) is 4.34 Å². The van der Waals surface area contributed by atoms with Gasteiger partial charge in [-0.25, -0.2) is 0 Å². The first kappa shape index (κ1) is 10.7. The predicted molar refractivity (Wildman–Crippen MR) is 57.5 cm³/mol. The summed E-state index contributed by atoms with van der Waals surface area (Å²) in [4.78, 5) is 12.5. The van der Waals surface area contributed by atoms with Gasteiger partial charge in [-0.2, -0.15) is 0 Å². The monoisotopic (exact) mass is 216 g/mol. The molecule has 0 spiro atoms. The van der Waals surface area contributed by atoms with Gasteiger partial charge in [-0.05, 0) is 18.6 Å². The fourth-order valence-electron chi connectivity index (χ4n) is 1.23. The third-order valence-corrected chi connectivity index (χ3v) is 3.29. The van der Waals surface area contributed by atoms with E-state index in [9.17, 15) is 4.79 Å². The van der Waals surface area contributed by atoms with Gasteiger partial charge in [-0.1, -0.05) is 25.4 Å². The van der Waals surface area contributed by atoms with Crippen molar-refractivity contribution < 1.29 is 4.79 Å². The average molecular weight is 217 g/mol. The summed E-state index contributed by atoms with van der Waals surface area (Å²) >= 11 is 7.35. The Morgan fingerprint density at radius 3 is 2.77 bits per heavy atom. The Morgan fingerprint density at radius 2 is 2.31 bits per heavy atom.